The number of nitrogens with zero attached hydrogens (tertiary/aromatic N) is 3. The molecule has 0 radical (unpaired) electrons. The van der Waals surface area contributed by atoms with E-state index in [1.807, 2.05) is 49.4 Å². The van der Waals surface area contributed by atoms with Crippen molar-refractivity contribution in [1.29, 1.82) is 0 Å². The van der Waals surface area contributed by atoms with Crippen LogP contribution < -0.4 is 5.32 Å². The van der Waals surface area contributed by atoms with Gasteiger partial charge >= 0.3 is 0 Å². The van der Waals surface area contributed by atoms with E-state index in [9.17, 15) is 0 Å². The lowest BCUT2D eigenvalue weighted by Crippen LogP contribution is -1.96. The molecule has 0 saturated carbocycles. The molecule has 0 bridgehead atoms. The van der Waals surface area contributed by atoms with E-state index in [4.69, 9.17) is 0 Å². The number of fused-ring (bicyclic) bond motifs is 1. The topological polar surface area (TPSA) is 66.5 Å². The van der Waals surface area contributed by atoms with Crippen molar-refractivity contribution in [3.05, 3.63) is 72.6 Å². The van der Waals surface area contributed by atoms with Gasteiger partial charge in [-0.1, -0.05) is 30.4 Å². The first-order valence-electron chi connectivity index (χ1n) is 8.08. The third-order valence-electron chi connectivity index (χ3n) is 3.87. The van der Waals surface area contributed by atoms with Crippen LogP contribution in [0.2, 0.25) is 0 Å². The van der Waals surface area contributed by atoms with Gasteiger partial charge in [0.15, 0.2) is 5.82 Å². The predicted octanol–water partition coefficient (Wildman–Crippen LogP) is 4.80. The van der Waals surface area contributed by atoms with Gasteiger partial charge in [0.05, 0.1) is 11.7 Å². The quantitative estimate of drug-likeness (QED) is 0.565. The van der Waals surface area contributed by atoms with E-state index in [2.05, 4.69) is 43.7 Å². The molecule has 0 aliphatic rings. The van der Waals surface area contributed by atoms with Crippen LogP contribution in [-0.4, -0.2) is 20.2 Å². The van der Waals surface area contributed by atoms with E-state index >= 15 is 0 Å². The van der Waals surface area contributed by atoms with Gasteiger partial charge in [-0.05, 0) is 42.8 Å². The average molecular weight is 327 g/mol. The van der Waals surface area contributed by atoms with Crippen LogP contribution in [0.4, 0.5) is 11.5 Å². The number of benzene rings is 2. The Morgan fingerprint density at radius 3 is 2.96 bits per heavy atom. The molecule has 0 amide bonds. The van der Waals surface area contributed by atoms with Crippen LogP contribution in [0.5, 0.6) is 0 Å². The highest BCUT2D eigenvalue weighted by Gasteiger charge is 2.05. The molecule has 0 saturated heterocycles. The number of rotatable bonds is 4. The van der Waals surface area contributed by atoms with Crippen molar-refractivity contribution >= 4 is 28.5 Å². The minimum atomic E-state index is 0.695. The lowest BCUT2D eigenvalue weighted by atomic mass is 10.1. The lowest BCUT2D eigenvalue weighted by Gasteiger charge is -2.08. The van der Waals surface area contributed by atoms with Crippen molar-refractivity contribution < 1.29 is 0 Å². The number of nitrogens with one attached hydrogen (secondary N) is 2. The fourth-order valence-corrected chi connectivity index (χ4v) is 2.71. The summed E-state index contributed by atoms with van der Waals surface area (Å²) in [7, 11) is 0. The van der Waals surface area contributed by atoms with Gasteiger partial charge in [-0.3, -0.25) is 5.10 Å². The molecule has 0 aliphatic heterocycles. The first-order chi connectivity index (χ1) is 12.3. The van der Waals surface area contributed by atoms with Crippen molar-refractivity contribution in [1.82, 2.24) is 20.2 Å². The summed E-state index contributed by atoms with van der Waals surface area (Å²) in [6.07, 6.45) is 7.65. The summed E-state index contributed by atoms with van der Waals surface area (Å²) in [4.78, 5) is 9.04. The monoisotopic (exact) mass is 327 g/mol. The summed E-state index contributed by atoms with van der Waals surface area (Å²) >= 11 is 0. The van der Waals surface area contributed by atoms with Gasteiger partial charge in [0.25, 0.3) is 0 Å². The molecule has 4 aromatic rings. The molecular formula is C20H17N5. The predicted molar refractivity (Wildman–Crippen MR) is 102 cm³/mol. The Bertz CT molecular complexity index is 1050. The second-order valence-corrected chi connectivity index (χ2v) is 5.69. The number of aromatic nitrogens is 4. The van der Waals surface area contributed by atoms with Crippen molar-refractivity contribution in [3.8, 4) is 11.4 Å². The molecule has 2 N–H and O–H groups in total. The molecule has 122 valence electrons. The maximum Gasteiger partial charge on any atom is 0.161 e. The van der Waals surface area contributed by atoms with Gasteiger partial charge in [0.2, 0.25) is 0 Å². The highest BCUT2D eigenvalue weighted by Crippen LogP contribution is 2.22. The van der Waals surface area contributed by atoms with Crippen LogP contribution in [0.3, 0.4) is 0 Å². The fraction of sp³-hybridized carbons (Fsp3) is 0.0500. The van der Waals surface area contributed by atoms with E-state index in [1.54, 1.807) is 12.4 Å². The Balaban J connectivity index is 1.63. The molecule has 5 heteroatoms. The molecule has 0 aliphatic carbocycles. The minimum Gasteiger partial charge on any atom is -0.340 e. The fourth-order valence-electron chi connectivity index (χ4n) is 2.71. The van der Waals surface area contributed by atoms with Crippen LogP contribution >= 0.6 is 0 Å². The van der Waals surface area contributed by atoms with E-state index in [0.717, 1.165) is 33.5 Å². The number of anilines is 2. The SMILES string of the molecule is C/C=C/c1cccc(-c2nccc(Nc3ccc4[nH]ncc4c3)n2)c1. The van der Waals surface area contributed by atoms with Gasteiger partial charge in [-0.25, -0.2) is 9.97 Å². The van der Waals surface area contributed by atoms with Crippen LogP contribution in [0.25, 0.3) is 28.4 Å². The Kier molecular flexibility index (Phi) is 3.96. The summed E-state index contributed by atoms with van der Waals surface area (Å²) in [6.45, 7) is 2.00. The molecule has 25 heavy (non-hydrogen) atoms. The standard InChI is InChI=1S/C20H17N5/c1-2-4-14-5-3-6-15(11-14)20-21-10-9-19(24-20)23-17-7-8-18-16(12-17)13-22-25-18/h2-13H,1H3,(H,22,25)(H,21,23,24)/b4-2+. The van der Waals surface area contributed by atoms with Gasteiger partial charge in [-0.2, -0.15) is 5.10 Å². The Labute approximate surface area is 145 Å². The van der Waals surface area contributed by atoms with E-state index < -0.39 is 0 Å². The number of aromatic amines is 1. The van der Waals surface area contributed by atoms with Gasteiger partial charge in [0.1, 0.15) is 5.82 Å². The maximum atomic E-state index is 4.64. The first kappa shape index (κ1) is 15.1. The third-order valence-corrected chi connectivity index (χ3v) is 3.87. The molecule has 5 nitrogen and oxygen atoms in total. The molecule has 0 fully saturated rings. The van der Waals surface area contributed by atoms with E-state index in [-0.39, 0.29) is 0 Å². The van der Waals surface area contributed by atoms with Crippen LogP contribution in [0.1, 0.15) is 12.5 Å². The maximum absolute atomic E-state index is 4.64. The smallest absolute Gasteiger partial charge is 0.161 e. The molecule has 2 heterocycles. The third kappa shape index (κ3) is 3.26. The van der Waals surface area contributed by atoms with Crippen molar-refractivity contribution in [3.63, 3.8) is 0 Å². The number of allylic oxidation sites excluding steroid dienone is 1. The first-order valence-corrected chi connectivity index (χ1v) is 8.08. The van der Waals surface area contributed by atoms with Crippen LogP contribution in [0, 0.1) is 0 Å². The molecule has 0 atom stereocenters. The van der Waals surface area contributed by atoms with Gasteiger partial charge < -0.3 is 5.32 Å². The van der Waals surface area contributed by atoms with Crippen molar-refractivity contribution in [2.24, 2.45) is 0 Å². The van der Waals surface area contributed by atoms with Crippen molar-refractivity contribution in [2.75, 3.05) is 5.32 Å². The number of hydrogen-bond donors (Lipinski definition) is 2. The van der Waals surface area contributed by atoms with Crippen LogP contribution in [0.15, 0.2) is 67.0 Å². The minimum absolute atomic E-state index is 0.695. The lowest BCUT2D eigenvalue weighted by molar-refractivity contribution is 1.12. The zero-order chi connectivity index (χ0) is 17.1. The summed E-state index contributed by atoms with van der Waals surface area (Å²) in [5, 5.41) is 11.4. The average Bonchev–Trinajstić information content (AvgIpc) is 3.10. The Morgan fingerprint density at radius 1 is 1.08 bits per heavy atom. The van der Waals surface area contributed by atoms with E-state index in [0.29, 0.717) is 5.82 Å². The van der Waals surface area contributed by atoms with Crippen LogP contribution in [-0.2, 0) is 0 Å². The highest BCUT2D eigenvalue weighted by molar-refractivity contribution is 5.82. The zero-order valence-electron chi connectivity index (χ0n) is 13.8. The number of hydrogen-bond acceptors (Lipinski definition) is 4. The molecule has 2 aromatic heterocycles. The van der Waals surface area contributed by atoms with Gasteiger partial charge in [-0.15, -0.1) is 0 Å². The molecule has 2 aromatic carbocycles. The summed E-state index contributed by atoms with van der Waals surface area (Å²) in [6, 6.07) is 16.1. The summed E-state index contributed by atoms with van der Waals surface area (Å²) in [5.74, 6) is 1.45. The molecule has 0 spiro atoms. The normalized spacial score (nSPS) is 11.2. The summed E-state index contributed by atoms with van der Waals surface area (Å²) < 4.78 is 0. The Hall–Kier alpha value is -3.47. The summed E-state index contributed by atoms with van der Waals surface area (Å²) in [5.41, 5.74) is 4.09. The second-order valence-electron chi connectivity index (χ2n) is 5.69. The molecule has 0 unspecified atom stereocenters. The molecule has 4 rings (SSSR count). The second kappa shape index (κ2) is 6.57. The van der Waals surface area contributed by atoms with Gasteiger partial charge in [0, 0.05) is 22.8 Å². The Morgan fingerprint density at radius 2 is 2.04 bits per heavy atom. The molecular weight excluding hydrogens is 310 g/mol. The van der Waals surface area contributed by atoms with Crippen molar-refractivity contribution in [2.45, 2.75) is 6.92 Å². The largest absolute Gasteiger partial charge is 0.340 e. The van der Waals surface area contributed by atoms with E-state index in [1.165, 1.54) is 0 Å². The zero-order valence-corrected chi connectivity index (χ0v) is 13.8. The number of H-pyrrole nitrogens is 1. The highest BCUT2D eigenvalue weighted by atomic mass is 15.1.